The molecule has 3 rings (SSSR count). The van der Waals surface area contributed by atoms with Gasteiger partial charge in [0.05, 0.1) is 0 Å². The normalized spacial score (nSPS) is 20.9. The largest absolute Gasteiger partial charge is 0.297 e. The van der Waals surface area contributed by atoms with Gasteiger partial charge in [0.25, 0.3) is 0 Å². The summed E-state index contributed by atoms with van der Waals surface area (Å²) in [6.07, 6.45) is 4.18. The molecule has 1 fully saturated rings. The standard InChI is InChI=1S/C11H10BrN3O/c12-8-6-11(16)15(7-8)10-3-1-2-9-13-4-5-14(9)10/h1-5,8H,6-7H2. The molecule has 2 aromatic heterocycles. The van der Waals surface area contributed by atoms with Crippen LogP contribution in [0.15, 0.2) is 30.6 Å². The molecule has 0 aromatic carbocycles. The van der Waals surface area contributed by atoms with Crippen LogP contribution in [0.25, 0.3) is 5.65 Å². The Balaban J connectivity index is 2.12. The first-order chi connectivity index (χ1) is 7.75. The maximum Gasteiger partial charge on any atom is 0.229 e. The van der Waals surface area contributed by atoms with E-state index in [4.69, 9.17) is 0 Å². The van der Waals surface area contributed by atoms with E-state index in [2.05, 4.69) is 20.9 Å². The van der Waals surface area contributed by atoms with Crippen molar-refractivity contribution in [3.05, 3.63) is 30.6 Å². The molecule has 0 saturated carbocycles. The number of halogens is 1. The number of hydrogen-bond donors (Lipinski definition) is 0. The van der Waals surface area contributed by atoms with Crippen LogP contribution < -0.4 is 4.90 Å². The number of hydrogen-bond acceptors (Lipinski definition) is 2. The van der Waals surface area contributed by atoms with Gasteiger partial charge in [-0.05, 0) is 12.1 Å². The molecule has 1 unspecified atom stereocenters. The van der Waals surface area contributed by atoms with Gasteiger partial charge < -0.3 is 0 Å². The quantitative estimate of drug-likeness (QED) is 0.747. The van der Waals surface area contributed by atoms with E-state index in [0.29, 0.717) is 6.42 Å². The number of pyridine rings is 1. The molecule has 0 aliphatic carbocycles. The third-order valence-corrected chi connectivity index (χ3v) is 3.37. The van der Waals surface area contributed by atoms with Gasteiger partial charge in [-0.25, -0.2) is 4.98 Å². The number of carbonyl (C=O) groups excluding carboxylic acids is 1. The van der Waals surface area contributed by atoms with Crippen LogP contribution in [0.5, 0.6) is 0 Å². The Bertz CT molecular complexity index is 551. The highest BCUT2D eigenvalue weighted by Crippen LogP contribution is 2.25. The third-order valence-electron chi connectivity index (χ3n) is 2.76. The fourth-order valence-electron chi connectivity index (χ4n) is 2.04. The average molecular weight is 280 g/mol. The molecule has 0 radical (unpaired) electrons. The summed E-state index contributed by atoms with van der Waals surface area (Å²) in [5, 5.41) is 0. The van der Waals surface area contributed by atoms with E-state index in [1.165, 1.54) is 0 Å². The zero-order valence-corrected chi connectivity index (χ0v) is 10.1. The third kappa shape index (κ3) is 1.43. The minimum atomic E-state index is 0.156. The van der Waals surface area contributed by atoms with Gasteiger partial charge in [0.15, 0.2) is 0 Å². The summed E-state index contributed by atoms with van der Waals surface area (Å²) < 4.78 is 1.93. The summed E-state index contributed by atoms with van der Waals surface area (Å²) in [6.45, 7) is 0.718. The van der Waals surface area contributed by atoms with Crippen molar-refractivity contribution in [2.75, 3.05) is 11.4 Å². The minimum absolute atomic E-state index is 0.156. The molecule has 0 N–H and O–H groups in total. The Kier molecular flexibility index (Phi) is 2.21. The van der Waals surface area contributed by atoms with Gasteiger partial charge in [-0.15, -0.1) is 0 Å². The van der Waals surface area contributed by atoms with Gasteiger partial charge in [0.2, 0.25) is 5.91 Å². The predicted molar refractivity (Wildman–Crippen MR) is 64.9 cm³/mol. The molecule has 0 bridgehead atoms. The van der Waals surface area contributed by atoms with E-state index in [9.17, 15) is 4.79 Å². The van der Waals surface area contributed by atoms with Crippen LogP contribution in [0.1, 0.15) is 6.42 Å². The molecule has 16 heavy (non-hydrogen) atoms. The van der Waals surface area contributed by atoms with Crippen molar-refractivity contribution in [3.8, 4) is 0 Å². The number of nitrogens with zero attached hydrogens (tertiary/aromatic N) is 3. The van der Waals surface area contributed by atoms with Crippen molar-refractivity contribution >= 4 is 33.3 Å². The molecule has 2 aromatic rings. The first-order valence-electron chi connectivity index (χ1n) is 5.12. The molecule has 4 nitrogen and oxygen atoms in total. The lowest BCUT2D eigenvalue weighted by atomic mass is 10.4. The maximum atomic E-state index is 11.8. The Labute approximate surface area is 101 Å². The van der Waals surface area contributed by atoms with E-state index in [0.717, 1.165) is 18.0 Å². The maximum absolute atomic E-state index is 11.8. The number of rotatable bonds is 1. The second-order valence-electron chi connectivity index (χ2n) is 3.85. The predicted octanol–water partition coefficient (Wildman–Crippen LogP) is 1.83. The lowest BCUT2D eigenvalue weighted by Crippen LogP contribution is -2.26. The molecular weight excluding hydrogens is 270 g/mol. The molecular formula is C11H10BrN3O. The van der Waals surface area contributed by atoms with E-state index in [-0.39, 0.29) is 10.7 Å². The van der Waals surface area contributed by atoms with Crippen molar-refractivity contribution in [2.45, 2.75) is 11.2 Å². The summed E-state index contributed by atoms with van der Waals surface area (Å²) in [7, 11) is 0. The fourth-order valence-corrected chi connectivity index (χ4v) is 2.60. The SMILES string of the molecule is O=C1CC(Br)CN1c1cccc2nccn12. The zero-order valence-electron chi connectivity index (χ0n) is 8.51. The monoisotopic (exact) mass is 279 g/mol. The molecule has 5 heteroatoms. The highest BCUT2D eigenvalue weighted by Gasteiger charge is 2.29. The number of fused-ring (bicyclic) bond motifs is 1. The number of alkyl halides is 1. The second-order valence-corrected chi connectivity index (χ2v) is 5.14. The van der Waals surface area contributed by atoms with Crippen molar-refractivity contribution < 1.29 is 4.79 Å². The van der Waals surface area contributed by atoms with E-state index in [1.807, 2.05) is 28.8 Å². The lowest BCUT2D eigenvalue weighted by molar-refractivity contribution is -0.117. The Morgan fingerprint density at radius 2 is 2.31 bits per heavy atom. The second kappa shape index (κ2) is 3.59. The molecule has 1 amide bonds. The van der Waals surface area contributed by atoms with Gasteiger partial charge in [0, 0.05) is 30.2 Å². The number of anilines is 1. The Morgan fingerprint density at radius 1 is 1.44 bits per heavy atom. The molecule has 1 aliphatic rings. The van der Waals surface area contributed by atoms with Crippen LogP contribution in [-0.2, 0) is 4.79 Å². The Hall–Kier alpha value is -1.36. The van der Waals surface area contributed by atoms with Crippen LogP contribution >= 0.6 is 15.9 Å². The van der Waals surface area contributed by atoms with Crippen LogP contribution in [0.2, 0.25) is 0 Å². The van der Waals surface area contributed by atoms with Crippen molar-refractivity contribution in [1.82, 2.24) is 9.38 Å². The highest BCUT2D eigenvalue weighted by molar-refractivity contribution is 9.09. The summed E-state index contributed by atoms with van der Waals surface area (Å²) >= 11 is 3.48. The van der Waals surface area contributed by atoms with E-state index < -0.39 is 0 Å². The van der Waals surface area contributed by atoms with Crippen molar-refractivity contribution in [2.24, 2.45) is 0 Å². The van der Waals surface area contributed by atoms with Gasteiger partial charge in [0.1, 0.15) is 11.5 Å². The summed E-state index contributed by atoms with van der Waals surface area (Å²) in [4.78, 5) is 18.1. The van der Waals surface area contributed by atoms with Crippen LogP contribution in [0.4, 0.5) is 5.82 Å². The van der Waals surface area contributed by atoms with Gasteiger partial charge in [-0.3, -0.25) is 14.1 Å². The summed E-state index contributed by atoms with van der Waals surface area (Å²) in [5.41, 5.74) is 0.864. The molecule has 3 heterocycles. The van der Waals surface area contributed by atoms with Crippen molar-refractivity contribution in [1.29, 1.82) is 0 Å². The highest BCUT2D eigenvalue weighted by atomic mass is 79.9. The fraction of sp³-hybridized carbons (Fsp3) is 0.273. The lowest BCUT2D eigenvalue weighted by Gasteiger charge is -2.17. The van der Waals surface area contributed by atoms with Gasteiger partial charge in [-0.1, -0.05) is 22.0 Å². The smallest absolute Gasteiger partial charge is 0.229 e. The van der Waals surface area contributed by atoms with Crippen molar-refractivity contribution in [3.63, 3.8) is 0 Å². The zero-order chi connectivity index (χ0) is 11.1. The van der Waals surface area contributed by atoms with Crippen LogP contribution in [0, 0.1) is 0 Å². The first-order valence-corrected chi connectivity index (χ1v) is 6.04. The van der Waals surface area contributed by atoms with Gasteiger partial charge in [-0.2, -0.15) is 0 Å². The topological polar surface area (TPSA) is 37.6 Å². The number of amides is 1. The molecule has 82 valence electrons. The Morgan fingerprint density at radius 3 is 3.06 bits per heavy atom. The molecule has 0 spiro atoms. The van der Waals surface area contributed by atoms with Crippen LogP contribution in [-0.4, -0.2) is 26.7 Å². The first kappa shape index (κ1) is 9.84. The van der Waals surface area contributed by atoms with Gasteiger partial charge >= 0.3 is 0 Å². The number of imidazole rings is 1. The summed E-state index contributed by atoms with van der Waals surface area (Å²) in [6, 6.07) is 5.79. The van der Waals surface area contributed by atoms with Crippen LogP contribution in [0.3, 0.4) is 0 Å². The molecule has 1 aliphatic heterocycles. The van der Waals surface area contributed by atoms with E-state index >= 15 is 0 Å². The average Bonchev–Trinajstić information content (AvgIpc) is 2.84. The number of carbonyl (C=O) groups is 1. The minimum Gasteiger partial charge on any atom is -0.297 e. The molecule has 1 atom stereocenters. The van der Waals surface area contributed by atoms with E-state index in [1.54, 1.807) is 11.1 Å². The number of aromatic nitrogens is 2. The summed E-state index contributed by atoms with van der Waals surface area (Å²) in [5.74, 6) is 1.05. The molecule has 1 saturated heterocycles.